The van der Waals surface area contributed by atoms with Gasteiger partial charge in [0.05, 0.1) is 0 Å². The zero-order chi connectivity index (χ0) is 50.4. The molecule has 2 aliphatic carbocycles. The number of hydrogen-bond acceptors (Lipinski definition) is 0. The van der Waals surface area contributed by atoms with Gasteiger partial charge in [-0.2, -0.15) is 0 Å². The molecule has 0 amide bonds. The molecule has 0 radical (unpaired) electrons. The minimum Gasteiger partial charge on any atom is -0.0622 e. The second-order valence-electron chi connectivity index (χ2n) is 21.4. The molecule has 0 saturated carbocycles. The monoisotopic (exact) mass is 970 g/mol. The maximum Gasteiger partial charge on any atom is 0.0136 e. The van der Waals surface area contributed by atoms with Crippen LogP contribution < -0.4 is 0 Å². The Labute approximate surface area is 447 Å². The van der Waals surface area contributed by atoms with Crippen molar-refractivity contribution in [3.63, 3.8) is 0 Å². The molecule has 76 heavy (non-hydrogen) atoms. The first-order valence-electron chi connectivity index (χ1n) is 27.3. The second kappa shape index (κ2) is 19.8. The minimum atomic E-state index is 0.163. The fourth-order valence-corrected chi connectivity index (χ4v) is 13.3. The van der Waals surface area contributed by atoms with E-state index >= 15 is 0 Å². The molecular weight excluding hydrogens is 913 g/mol. The standard InChI is InChI=1S/C76H58/c1-3-17-57(18-4-1)73-47-59-23-9-13-29-65(59)75-49-61(41-43-69(73)75)71(67-31-15-25-55-21-7-11-27-63(55)67)45-51-33-37-53(38-34-51)54-39-35-52(36-40-54)46-72(68-32-16-26-56-22-8-12-28-64(56)68)62-42-44-70-74(58-19-5-2-6-20-58)48-60-24-10-14-30-66(60)76(70)50-62/h1-44,49-50,71-74H,45-48H2. The number of benzene rings is 12. The van der Waals surface area contributed by atoms with Crippen molar-refractivity contribution in [1.29, 1.82) is 0 Å². The van der Waals surface area contributed by atoms with Gasteiger partial charge in [-0.1, -0.05) is 279 Å². The molecule has 0 aromatic heterocycles. The third-order valence-corrected chi connectivity index (χ3v) is 17.1. The highest BCUT2D eigenvalue weighted by molar-refractivity contribution is 5.88. The zero-order valence-corrected chi connectivity index (χ0v) is 42.7. The third-order valence-electron chi connectivity index (χ3n) is 17.1. The summed E-state index contributed by atoms with van der Waals surface area (Å²) < 4.78 is 0. The summed E-state index contributed by atoms with van der Waals surface area (Å²) in [6, 6.07) is 105. The smallest absolute Gasteiger partial charge is 0.0136 e. The lowest BCUT2D eigenvalue weighted by atomic mass is 9.74. The maximum absolute atomic E-state index is 2.53. The molecule has 12 aromatic rings. The summed E-state index contributed by atoms with van der Waals surface area (Å²) >= 11 is 0. The van der Waals surface area contributed by atoms with E-state index in [4.69, 9.17) is 0 Å². The molecule has 0 nitrogen and oxygen atoms in total. The van der Waals surface area contributed by atoms with Gasteiger partial charge in [0.2, 0.25) is 0 Å². The Kier molecular flexibility index (Phi) is 11.9. The van der Waals surface area contributed by atoms with Crippen LogP contribution in [0.1, 0.15) is 90.4 Å². The van der Waals surface area contributed by atoms with Crippen molar-refractivity contribution in [2.75, 3.05) is 0 Å². The van der Waals surface area contributed by atoms with E-state index in [-0.39, 0.29) is 11.8 Å². The molecule has 0 spiro atoms. The molecule has 0 heteroatoms. The number of hydrogen-bond donors (Lipinski definition) is 0. The lowest BCUT2D eigenvalue weighted by molar-refractivity contribution is 0.783. The van der Waals surface area contributed by atoms with Crippen molar-refractivity contribution in [1.82, 2.24) is 0 Å². The Balaban J connectivity index is 0.785. The zero-order valence-electron chi connectivity index (χ0n) is 42.7. The van der Waals surface area contributed by atoms with Gasteiger partial charge in [-0.3, -0.25) is 0 Å². The van der Waals surface area contributed by atoms with Gasteiger partial charge in [-0.05, 0) is 147 Å². The van der Waals surface area contributed by atoms with Crippen LogP contribution in [-0.4, -0.2) is 0 Å². The topological polar surface area (TPSA) is 0 Å². The van der Waals surface area contributed by atoms with Gasteiger partial charge in [0.25, 0.3) is 0 Å². The van der Waals surface area contributed by atoms with Crippen LogP contribution in [0.15, 0.2) is 279 Å². The van der Waals surface area contributed by atoms with Crippen LogP contribution in [0.2, 0.25) is 0 Å². The highest BCUT2D eigenvalue weighted by Gasteiger charge is 2.30. The minimum absolute atomic E-state index is 0.163. The van der Waals surface area contributed by atoms with Gasteiger partial charge >= 0.3 is 0 Å². The van der Waals surface area contributed by atoms with Crippen molar-refractivity contribution in [3.8, 4) is 33.4 Å². The lowest BCUT2D eigenvalue weighted by Gasteiger charge is -2.30. The summed E-state index contributed by atoms with van der Waals surface area (Å²) in [5.74, 6) is 0.974. The molecular formula is C76H58. The molecule has 12 aromatic carbocycles. The van der Waals surface area contributed by atoms with Crippen LogP contribution in [0.4, 0.5) is 0 Å². The van der Waals surface area contributed by atoms with Gasteiger partial charge in [0.1, 0.15) is 0 Å². The van der Waals surface area contributed by atoms with E-state index in [0.29, 0.717) is 11.8 Å². The van der Waals surface area contributed by atoms with E-state index in [0.717, 1.165) is 25.7 Å². The van der Waals surface area contributed by atoms with E-state index in [1.54, 1.807) is 0 Å². The Bertz CT molecular complexity index is 3770. The van der Waals surface area contributed by atoms with E-state index < -0.39 is 0 Å². The molecule has 0 heterocycles. The summed E-state index contributed by atoms with van der Waals surface area (Å²) in [5.41, 5.74) is 24.5. The van der Waals surface area contributed by atoms with Crippen molar-refractivity contribution in [2.24, 2.45) is 0 Å². The van der Waals surface area contributed by atoms with Gasteiger partial charge in [-0.25, -0.2) is 0 Å². The van der Waals surface area contributed by atoms with Gasteiger partial charge in [0, 0.05) is 23.7 Å². The molecule has 0 bridgehead atoms. The Morgan fingerprint density at radius 2 is 0.684 bits per heavy atom. The normalized spacial score (nSPS) is 15.3. The summed E-state index contributed by atoms with van der Waals surface area (Å²) in [7, 11) is 0. The summed E-state index contributed by atoms with van der Waals surface area (Å²) in [5, 5.41) is 5.21. The molecule has 0 aliphatic heterocycles. The molecule has 2 aliphatic rings. The lowest BCUT2D eigenvalue weighted by Crippen LogP contribution is -2.14. The highest BCUT2D eigenvalue weighted by atomic mass is 14.3. The average molecular weight is 971 g/mol. The second-order valence-corrected chi connectivity index (χ2v) is 21.4. The predicted octanol–water partition coefficient (Wildman–Crippen LogP) is 19.1. The van der Waals surface area contributed by atoms with E-state index in [9.17, 15) is 0 Å². The summed E-state index contributed by atoms with van der Waals surface area (Å²) in [6.45, 7) is 0. The van der Waals surface area contributed by atoms with Crippen LogP contribution in [0.25, 0.3) is 54.9 Å². The van der Waals surface area contributed by atoms with E-state index in [2.05, 4.69) is 279 Å². The molecule has 0 fully saturated rings. The number of rotatable bonds is 11. The van der Waals surface area contributed by atoms with Crippen molar-refractivity contribution in [2.45, 2.75) is 49.4 Å². The van der Waals surface area contributed by atoms with Crippen molar-refractivity contribution >= 4 is 21.5 Å². The van der Waals surface area contributed by atoms with E-state index in [1.165, 1.54) is 122 Å². The van der Waals surface area contributed by atoms with Crippen LogP contribution >= 0.6 is 0 Å². The Morgan fingerprint density at radius 1 is 0.303 bits per heavy atom. The summed E-state index contributed by atoms with van der Waals surface area (Å²) in [4.78, 5) is 0. The maximum atomic E-state index is 2.53. The molecule has 4 unspecified atom stereocenters. The first-order chi connectivity index (χ1) is 37.7. The third kappa shape index (κ3) is 8.55. The van der Waals surface area contributed by atoms with Gasteiger partial charge in [-0.15, -0.1) is 0 Å². The van der Waals surface area contributed by atoms with Gasteiger partial charge in [0.15, 0.2) is 0 Å². The molecule has 4 atom stereocenters. The fourth-order valence-electron chi connectivity index (χ4n) is 13.3. The molecule has 0 N–H and O–H groups in total. The fraction of sp³-hybridized carbons (Fsp3) is 0.105. The number of fused-ring (bicyclic) bond motifs is 8. The first-order valence-corrected chi connectivity index (χ1v) is 27.3. The van der Waals surface area contributed by atoms with Crippen LogP contribution in [0.5, 0.6) is 0 Å². The quantitative estimate of drug-likeness (QED) is 0.121. The predicted molar refractivity (Wildman–Crippen MR) is 319 cm³/mol. The highest BCUT2D eigenvalue weighted by Crippen LogP contribution is 2.47. The van der Waals surface area contributed by atoms with Gasteiger partial charge < -0.3 is 0 Å². The molecule has 362 valence electrons. The van der Waals surface area contributed by atoms with Crippen LogP contribution in [0, 0.1) is 0 Å². The van der Waals surface area contributed by atoms with Crippen molar-refractivity contribution in [3.05, 3.63) is 346 Å². The molecule has 0 saturated heterocycles. The average Bonchev–Trinajstić information content (AvgIpc) is 3.51. The summed E-state index contributed by atoms with van der Waals surface area (Å²) in [6.07, 6.45) is 3.82. The molecule has 14 rings (SSSR count). The Morgan fingerprint density at radius 3 is 1.13 bits per heavy atom. The van der Waals surface area contributed by atoms with Crippen molar-refractivity contribution < 1.29 is 0 Å². The van der Waals surface area contributed by atoms with Crippen LogP contribution in [-0.2, 0) is 25.7 Å². The Hall–Kier alpha value is -8.84. The SMILES string of the molecule is c1ccc(C2Cc3ccccc3-c3cc(C(Cc4ccc(-c5ccc(CC(c6ccc7c(c6)-c6ccccc6CC7c6ccccc6)c6cccc7ccccc67)cc5)cc4)c4cccc5ccccc45)ccc32)cc1. The largest absolute Gasteiger partial charge is 0.0622 e. The van der Waals surface area contributed by atoms with E-state index in [1.807, 2.05) is 0 Å². The first kappa shape index (κ1) is 45.7. The van der Waals surface area contributed by atoms with Crippen LogP contribution in [0.3, 0.4) is 0 Å².